The Balaban J connectivity index is 1.25. The lowest BCUT2D eigenvalue weighted by Crippen LogP contribution is -2.29. The number of carbonyl (C=O) groups is 1. The molecule has 1 aromatic heterocycles. The molecule has 29 heavy (non-hydrogen) atoms. The van der Waals surface area contributed by atoms with Gasteiger partial charge in [0.1, 0.15) is 0 Å². The highest BCUT2D eigenvalue weighted by Gasteiger charge is 2.11. The molecule has 1 aliphatic rings. The molecule has 5 nitrogen and oxygen atoms in total. The maximum atomic E-state index is 12.4. The number of hydrogen-bond acceptors (Lipinski definition) is 3. The van der Waals surface area contributed by atoms with Gasteiger partial charge in [-0.15, -0.1) is 0 Å². The van der Waals surface area contributed by atoms with Gasteiger partial charge in [0.15, 0.2) is 0 Å². The Morgan fingerprint density at radius 2 is 1.69 bits per heavy atom. The lowest BCUT2D eigenvalue weighted by Gasteiger charge is -2.26. The molecule has 150 valence electrons. The normalized spacial score (nSPS) is 14.6. The van der Waals surface area contributed by atoms with E-state index in [-0.39, 0.29) is 5.91 Å². The number of nitrogens with one attached hydrogen (secondary N) is 1. The van der Waals surface area contributed by atoms with Gasteiger partial charge in [0, 0.05) is 24.8 Å². The third-order valence-electron chi connectivity index (χ3n) is 5.43. The molecule has 0 spiro atoms. The zero-order chi connectivity index (χ0) is 19.9. The monoisotopic (exact) mass is 388 g/mol. The van der Waals surface area contributed by atoms with Crippen molar-refractivity contribution >= 4 is 5.91 Å². The number of piperidine rings is 1. The standard InChI is InChI=1S/C24H28N4O/c29-24(22-11-9-20(10-12-22)18-27-15-5-2-6-16-27)25-14-13-21-17-26-28(19-21)23-7-3-1-4-8-23/h1,3-4,7-12,17,19H,2,5-6,13-16,18H2,(H,25,29). The van der Waals surface area contributed by atoms with Crippen LogP contribution in [0.25, 0.3) is 5.69 Å². The third-order valence-corrected chi connectivity index (χ3v) is 5.43. The molecule has 1 aliphatic heterocycles. The van der Waals surface area contributed by atoms with Crippen LogP contribution in [0.5, 0.6) is 0 Å². The zero-order valence-electron chi connectivity index (χ0n) is 16.8. The van der Waals surface area contributed by atoms with E-state index in [0.29, 0.717) is 12.1 Å². The fraction of sp³-hybridized carbons (Fsp3) is 0.333. The maximum Gasteiger partial charge on any atom is 0.251 e. The van der Waals surface area contributed by atoms with Crippen LogP contribution in [0.15, 0.2) is 67.0 Å². The quantitative estimate of drug-likeness (QED) is 0.669. The van der Waals surface area contributed by atoms with E-state index in [1.807, 2.05) is 59.5 Å². The molecule has 0 atom stereocenters. The molecule has 4 rings (SSSR count). The Hall–Kier alpha value is -2.92. The minimum atomic E-state index is -0.0232. The van der Waals surface area contributed by atoms with Crippen molar-refractivity contribution < 1.29 is 4.79 Å². The predicted molar refractivity (Wildman–Crippen MR) is 115 cm³/mol. The number of nitrogens with zero attached hydrogens (tertiary/aromatic N) is 3. The Morgan fingerprint density at radius 1 is 0.931 bits per heavy atom. The average Bonchev–Trinajstić information content (AvgIpc) is 3.24. The average molecular weight is 389 g/mol. The summed E-state index contributed by atoms with van der Waals surface area (Å²) in [5, 5.41) is 7.41. The molecule has 3 aromatic rings. The molecule has 0 saturated carbocycles. The van der Waals surface area contributed by atoms with E-state index in [4.69, 9.17) is 0 Å². The van der Waals surface area contributed by atoms with Gasteiger partial charge in [0.25, 0.3) is 5.91 Å². The molecule has 0 unspecified atom stereocenters. The van der Waals surface area contributed by atoms with Crippen LogP contribution in [-0.2, 0) is 13.0 Å². The summed E-state index contributed by atoms with van der Waals surface area (Å²) >= 11 is 0. The summed E-state index contributed by atoms with van der Waals surface area (Å²) in [7, 11) is 0. The van der Waals surface area contributed by atoms with E-state index in [2.05, 4.69) is 27.4 Å². The van der Waals surface area contributed by atoms with Gasteiger partial charge in [-0.05, 0) is 67.7 Å². The first-order chi connectivity index (χ1) is 14.3. The number of para-hydroxylation sites is 1. The van der Waals surface area contributed by atoms with E-state index in [1.165, 1.54) is 37.9 Å². The summed E-state index contributed by atoms with van der Waals surface area (Å²) in [5.41, 5.74) is 4.13. The van der Waals surface area contributed by atoms with E-state index < -0.39 is 0 Å². The fourth-order valence-electron chi connectivity index (χ4n) is 3.77. The lowest BCUT2D eigenvalue weighted by molar-refractivity contribution is 0.0954. The number of aromatic nitrogens is 2. The van der Waals surface area contributed by atoms with E-state index in [9.17, 15) is 4.79 Å². The highest BCUT2D eigenvalue weighted by atomic mass is 16.1. The van der Waals surface area contributed by atoms with Crippen molar-refractivity contribution in [2.75, 3.05) is 19.6 Å². The van der Waals surface area contributed by atoms with Crippen molar-refractivity contribution in [3.05, 3.63) is 83.7 Å². The van der Waals surface area contributed by atoms with Crippen LogP contribution in [0.2, 0.25) is 0 Å². The summed E-state index contributed by atoms with van der Waals surface area (Å²) in [6.45, 7) is 3.94. The second kappa shape index (κ2) is 9.52. The van der Waals surface area contributed by atoms with Gasteiger partial charge >= 0.3 is 0 Å². The molecular weight excluding hydrogens is 360 g/mol. The first-order valence-corrected chi connectivity index (χ1v) is 10.5. The van der Waals surface area contributed by atoms with Gasteiger partial charge in [-0.25, -0.2) is 4.68 Å². The van der Waals surface area contributed by atoms with Gasteiger partial charge in [0.05, 0.1) is 11.9 Å². The fourth-order valence-corrected chi connectivity index (χ4v) is 3.77. The molecule has 1 fully saturated rings. The summed E-state index contributed by atoms with van der Waals surface area (Å²) in [6, 6.07) is 18.0. The highest BCUT2D eigenvalue weighted by molar-refractivity contribution is 5.94. The SMILES string of the molecule is O=C(NCCc1cnn(-c2ccccc2)c1)c1ccc(CN2CCCCC2)cc1. The third kappa shape index (κ3) is 5.33. The molecule has 1 saturated heterocycles. The predicted octanol–water partition coefficient (Wildman–Crippen LogP) is 3.83. The smallest absolute Gasteiger partial charge is 0.251 e. The van der Waals surface area contributed by atoms with Crippen LogP contribution in [0.4, 0.5) is 0 Å². The van der Waals surface area contributed by atoms with Crippen molar-refractivity contribution in [2.24, 2.45) is 0 Å². The minimum Gasteiger partial charge on any atom is -0.352 e. The Morgan fingerprint density at radius 3 is 2.45 bits per heavy atom. The first-order valence-electron chi connectivity index (χ1n) is 10.5. The molecular formula is C24H28N4O. The van der Waals surface area contributed by atoms with Crippen molar-refractivity contribution in [1.29, 1.82) is 0 Å². The zero-order valence-corrected chi connectivity index (χ0v) is 16.8. The van der Waals surface area contributed by atoms with Crippen LogP contribution in [0.1, 0.15) is 40.7 Å². The lowest BCUT2D eigenvalue weighted by atomic mass is 10.1. The number of amides is 1. The summed E-state index contributed by atoms with van der Waals surface area (Å²) in [6.07, 6.45) is 8.56. The second-order valence-corrected chi connectivity index (χ2v) is 7.67. The number of likely N-dealkylation sites (tertiary alicyclic amines) is 1. The second-order valence-electron chi connectivity index (χ2n) is 7.67. The molecule has 0 bridgehead atoms. The van der Waals surface area contributed by atoms with Crippen molar-refractivity contribution in [3.8, 4) is 5.69 Å². The van der Waals surface area contributed by atoms with Crippen LogP contribution >= 0.6 is 0 Å². The van der Waals surface area contributed by atoms with E-state index >= 15 is 0 Å². The molecule has 2 aromatic carbocycles. The number of benzene rings is 2. The van der Waals surface area contributed by atoms with Crippen LogP contribution < -0.4 is 5.32 Å². The van der Waals surface area contributed by atoms with E-state index in [1.54, 1.807) is 0 Å². The number of hydrogen-bond donors (Lipinski definition) is 1. The molecule has 1 amide bonds. The Bertz CT molecular complexity index is 912. The summed E-state index contributed by atoms with van der Waals surface area (Å²) < 4.78 is 1.86. The largest absolute Gasteiger partial charge is 0.352 e. The molecule has 2 heterocycles. The van der Waals surface area contributed by atoms with Gasteiger partial charge in [-0.3, -0.25) is 9.69 Å². The minimum absolute atomic E-state index is 0.0232. The van der Waals surface area contributed by atoms with Crippen LogP contribution in [-0.4, -0.2) is 40.2 Å². The maximum absolute atomic E-state index is 12.4. The first kappa shape index (κ1) is 19.4. The van der Waals surface area contributed by atoms with Gasteiger partial charge in [-0.2, -0.15) is 5.10 Å². The van der Waals surface area contributed by atoms with Gasteiger partial charge < -0.3 is 5.32 Å². The van der Waals surface area contributed by atoms with Crippen LogP contribution in [0, 0.1) is 0 Å². The topological polar surface area (TPSA) is 50.2 Å². The molecule has 0 aliphatic carbocycles. The van der Waals surface area contributed by atoms with Crippen molar-refractivity contribution in [3.63, 3.8) is 0 Å². The Labute approximate surface area is 172 Å². The van der Waals surface area contributed by atoms with Crippen molar-refractivity contribution in [1.82, 2.24) is 20.0 Å². The molecule has 0 radical (unpaired) electrons. The number of carbonyl (C=O) groups excluding carboxylic acids is 1. The van der Waals surface area contributed by atoms with Crippen molar-refractivity contribution in [2.45, 2.75) is 32.2 Å². The van der Waals surface area contributed by atoms with E-state index in [0.717, 1.165) is 24.2 Å². The summed E-state index contributed by atoms with van der Waals surface area (Å²) in [5.74, 6) is -0.0232. The highest BCUT2D eigenvalue weighted by Crippen LogP contribution is 2.14. The molecule has 5 heteroatoms. The Kier molecular flexibility index (Phi) is 6.37. The molecule has 1 N–H and O–H groups in total. The summed E-state index contributed by atoms with van der Waals surface area (Å²) in [4.78, 5) is 14.9. The van der Waals surface area contributed by atoms with Crippen LogP contribution in [0.3, 0.4) is 0 Å². The van der Waals surface area contributed by atoms with Gasteiger partial charge in [-0.1, -0.05) is 36.8 Å². The van der Waals surface area contributed by atoms with Gasteiger partial charge in [0.2, 0.25) is 0 Å². The number of rotatable bonds is 7.